The summed E-state index contributed by atoms with van der Waals surface area (Å²) in [5, 5.41) is 10.3. The van der Waals surface area contributed by atoms with E-state index in [0.29, 0.717) is 28.7 Å². The van der Waals surface area contributed by atoms with Gasteiger partial charge in [-0.15, -0.1) is 0 Å². The van der Waals surface area contributed by atoms with Gasteiger partial charge >= 0.3 is 0 Å². The zero-order valence-corrected chi connectivity index (χ0v) is 23.7. The average Bonchev–Trinajstić information content (AvgIpc) is 3.25. The van der Waals surface area contributed by atoms with Crippen molar-refractivity contribution in [3.8, 4) is 5.75 Å². The lowest BCUT2D eigenvalue weighted by Crippen LogP contribution is -2.47. The maximum atomic E-state index is 14.2. The molecule has 0 radical (unpaired) electrons. The molecule has 0 bridgehead atoms. The maximum Gasteiger partial charge on any atom is 0.233 e. The lowest BCUT2D eigenvalue weighted by molar-refractivity contribution is -0.144. The van der Waals surface area contributed by atoms with E-state index in [1.807, 2.05) is 30.3 Å². The quantitative estimate of drug-likeness (QED) is 0.335. The van der Waals surface area contributed by atoms with E-state index in [2.05, 4.69) is 17.0 Å². The summed E-state index contributed by atoms with van der Waals surface area (Å²) in [6.07, 6.45) is 5.62. The number of phenolic OH excluding ortho intramolecular Hbond substituents is 1. The van der Waals surface area contributed by atoms with E-state index in [-0.39, 0.29) is 47.5 Å². The molecule has 0 unspecified atom stereocenters. The third-order valence-electron chi connectivity index (χ3n) is 9.97. The Kier molecular flexibility index (Phi) is 6.58. The highest BCUT2D eigenvalue weighted by atomic mass is 16.3. The van der Waals surface area contributed by atoms with Crippen LogP contribution in [0.2, 0.25) is 0 Å². The Morgan fingerprint density at radius 1 is 0.905 bits per heavy atom. The Morgan fingerprint density at radius 3 is 2.40 bits per heavy atom. The first-order valence-corrected chi connectivity index (χ1v) is 14.9. The molecule has 2 aliphatic heterocycles. The van der Waals surface area contributed by atoms with Gasteiger partial charge in [0.1, 0.15) is 5.75 Å². The van der Waals surface area contributed by atoms with Gasteiger partial charge in [0.15, 0.2) is 11.6 Å². The first-order chi connectivity index (χ1) is 20.3. The van der Waals surface area contributed by atoms with Gasteiger partial charge in [0.25, 0.3) is 0 Å². The smallest absolute Gasteiger partial charge is 0.233 e. The van der Waals surface area contributed by atoms with Gasteiger partial charge < -0.3 is 5.11 Å². The highest BCUT2D eigenvalue weighted by molar-refractivity contribution is 6.23. The molecule has 7 nitrogen and oxygen atoms in total. The Labute approximate surface area is 245 Å². The van der Waals surface area contributed by atoms with Crippen molar-refractivity contribution >= 4 is 23.4 Å². The minimum atomic E-state index is -0.553. The molecule has 4 atom stereocenters. The van der Waals surface area contributed by atoms with Gasteiger partial charge in [0.2, 0.25) is 11.8 Å². The predicted octanol–water partition coefficient (Wildman–Crippen LogP) is 4.49. The second kappa shape index (κ2) is 10.3. The molecule has 1 N–H and O–H groups in total. The molecular formula is C35H34N2O5. The molecule has 2 aromatic carbocycles. The lowest BCUT2D eigenvalue weighted by Gasteiger charge is -2.42. The van der Waals surface area contributed by atoms with Gasteiger partial charge in [0.05, 0.1) is 11.8 Å². The number of rotatable bonds is 4. The molecule has 2 saturated heterocycles. The van der Waals surface area contributed by atoms with Crippen LogP contribution in [0, 0.1) is 17.8 Å². The Hall–Kier alpha value is -4.10. The summed E-state index contributed by atoms with van der Waals surface area (Å²) in [7, 11) is 0. The monoisotopic (exact) mass is 562 g/mol. The van der Waals surface area contributed by atoms with Crippen molar-refractivity contribution in [3.63, 3.8) is 0 Å². The second-order valence-corrected chi connectivity index (χ2v) is 12.4. The third kappa shape index (κ3) is 4.29. The Morgan fingerprint density at radius 2 is 1.67 bits per heavy atom. The summed E-state index contributed by atoms with van der Waals surface area (Å²) in [5.41, 5.74) is 4.16. The number of likely N-dealkylation sites (tertiary alicyclic amines) is 2. The summed E-state index contributed by atoms with van der Waals surface area (Å²) in [5.74, 6) is -2.42. The number of hydrogen-bond acceptors (Lipinski definition) is 6. The van der Waals surface area contributed by atoms with Crippen LogP contribution in [0.5, 0.6) is 5.75 Å². The number of carbonyl (C=O) groups excluding carboxylic acids is 4. The lowest BCUT2D eigenvalue weighted by atomic mass is 9.59. The topological polar surface area (TPSA) is 95.0 Å². The van der Waals surface area contributed by atoms with Crippen LogP contribution in [0.3, 0.4) is 0 Å². The number of allylic oxidation sites excluding steroid dienone is 6. The summed E-state index contributed by atoms with van der Waals surface area (Å²) >= 11 is 0. The van der Waals surface area contributed by atoms with E-state index in [1.54, 1.807) is 30.0 Å². The van der Waals surface area contributed by atoms with Crippen LogP contribution in [0.25, 0.3) is 0 Å². The van der Waals surface area contributed by atoms with Crippen molar-refractivity contribution in [2.24, 2.45) is 17.8 Å². The number of phenols is 1. The second-order valence-electron chi connectivity index (χ2n) is 12.4. The molecule has 214 valence electrons. The molecule has 0 saturated carbocycles. The Balaban J connectivity index is 1.18. The van der Waals surface area contributed by atoms with E-state index in [1.165, 1.54) is 11.6 Å². The number of piperidine rings is 1. The molecule has 2 amide bonds. The van der Waals surface area contributed by atoms with Crippen LogP contribution in [0.4, 0.5) is 0 Å². The third-order valence-corrected chi connectivity index (χ3v) is 9.97. The largest absolute Gasteiger partial charge is 0.508 e. The number of aromatic hydroxyl groups is 1. The molecule has 7 rings (SSSR count). The summed E-state index contributed by atoms with van der Waals surface area (Å²) in [6, 6.07) is 17.0. The van der Waals surface area contributed by atoms with E-state index >= 15 is 0 Å². The number of imide groups is 1. The standard InChI is InChI=1S/C35H34N2O5/c1-20-16-29(39)32-28(33(20)40)18-27-25(30(32)22-8-5-9-24(38)17-22)10-11-26-31(27)35(42)37(34(26)41)23-12-14-36(15-13-23)19-21-6-3-2-4-7-21/h2-10,16-17,23,26-27,30-31,38H,11-15,18-19H2,1H3/t26-,27+,30-,31-/m0/s1. The number of ketones is 2. The van der Waals surface area contributed by atoms with Crippen LogP contribution >= 0.6 is 0 Å². The van der Waals surface area contributed by atoms with Crippen molar-refractivity contribution in [2.45, 2.75) is 51.1 Å². The zero-order chi connectivity index (χ0) is 29.1. The molecule has 7 heteroatoms. The molecule has 0 aromatic heterocycles. The zero-order valence-electron chi connectivity index (χ0n) is 23.7. The number of Topliss-reactive ketones (excluding diaryl/α,β-unsaturated/α-hetero) is 1. The van der Waals surface area contributed by atoms with Gasteiger partial charge in [-0.05, 0) is 67.9 Å². The van der Waals surface area contributed by atoms with Crippen LogP contribution in [0.15, 0.2) is 89.0 Å². The van der Waals surface area contributed by atoms with Gasteiger partial charge in [-0.25, -0.2) is 0 Å². The van der Waals surface area contributed by atoms with E-state index < -0.39 is 17.8 Å². The van der Waals surface area contributed by atoms with E-state index in [0.717, 1.165) is 38.0 Å². The van der Waals surface area contributed by atoms with Crippen LogP contribution in [-0.2, 0) is 25.7 Å². The van der Waals surface area contributed by atoms with Crippen molar-refractivity contribution in [3.05, 3.63) is 100 Å². The normalized spacial score (nSPS) is 28.4. The molecule has 3 aliphatic carbocycles. The fourth-order valence-corrected chi connectivity index (χ4v) is 8.03. The fraction of sp³-hybridized carbons (Fsp3) is 0.371. The van der Waals surface area contributed by atoms with E-state index in [4.69, 9.17) is 0 Å². The molecule has 2 heterocycles. The van der Waals surface area contributed by atoms with Crippen molar-refractivity contribution < 1.29 is 24.3 Å². The van der Waals surface area contributed by atoms with Gasteiger partial charge in [-0.3, -0.25) is 29.0 Å². The van der Waals surface area contributed by atoms with Gasteiger partial charge in [-0.1, -0.05) is 54.1 Å². The van der Waals surface area contributed by atoms with E-state index in [9.17, 15) is 24.3 Å². The molecular weight excluding hydrogens is 528 g/mol. The maximum absolute atomic E-state index is 14.2. The number of nitrogens with zero attached hydrogens (tertiary/aromatic N) is 2. The van der Waals surface area contributed by atoms with Crippen molar-refractivity contribution in [1.82, 2.24) is 9.80 Å². The number of fused-ring (bicyclic) bond motifs is 3. The van der Waals surface area contributed by atoms with Crippen LogP contribution in [-0.4, -0.2) is 57.4 Å². The summed E-state index contributed by atoms with van der Waals surface area (Å²) in [6.45, 7) is 4.14. The van der Waals surface area contributed by atoms with Crippen LogP contribution < -0.4 is 0 Å². The van der Waals surface area contributed by atoms with Gasteiger partial charge in [-0.2, -0.15) is 0 Å². The number of carbonyl (C=O) groups is 4. The number of hydrogen-bond donors (Lipinski definition) is 1. The highest BCUT2D eigenvalue weighted by Crippen LogP contribution is 2.55. The minimum Gasteiger partial charge on any atom is -0.508 e. The first-order valence-electron chi connectivity index (χ1n) is 14.9. The van der Waals surface area contributed by atoms with Crippen LogP contribution in [0.1, 0.15) is 49.7 Å². The molecule has 2 fully saturated rings. The fourth-order valence-electron chi connectivity index (χ4n) is 8.03. The predicted molar refractivity (Wildman–Crippen MR) is 156 cm³/mol. The summed E-state index contributed by atoms with van der Waals surface area (Å²) in [4.78, 5) is 58.7. The van der Waals surface area contributed by atoms with Crippen molar-refractivity contribution in [1.29, 1.82) is 0 Å². The molecule has 42 heavy (non-hydrogen) atoms. The average molecular weight is 563 g/mol. The minimum absolute atomic E-state index is 0.0734. The molecule has 5 aliphatic rings. The van der Waals surface area contributed by atoms with Gasteiger partial charge in [0, 0.05) is 48.3 Å². The number of benzene rings is 2. The highest BCUT2D eigenvalue weighted by Gasteiger charge is 2.57. The SMILES string of the molecule is CC1=CC(=O)C2=C(C[C@@H]3C(=CC[C@@H]4C(=O)N(C5CCN(Cc6ccccc6)CC5)C(=O)[C@@H]43)[C@@H]2c2cccc(O)c2)C1=O. The van der Waals surface area contributed by atoms with Crippen molar-refractivity contribution in [2.75, 3.05) is 13.1 Å². The molecule has 0 spiro atoms. The Bertz CT molecular complexity index is 1590. The summed E-state index contributed by atoms with van der Waals surface area (Å²) < 4.78 is 0. The molecule has 2 aromatic rings. The number of amides is 2. The first kappa shape index (κ1) is 26.8.